The van der Waals surface area contributed by atoms with E-state index >= 15 is 0 Å². The Kier molecular flexibility index (Phi) is 3.53. The molecule has 20 heavy (non-hydrogen) atoms. The van der Waals surface area contributed by atoms with Gasteiger partial charge in [0.2, 0.25) is 0 Å². The molecule has 5 heteroatoms. The predicted octanol–water partition coefficient (Wildman–Crippen LogP) is 3.42. The molecule has 0 radical (unpaired) electrons. The fraction of sp³-hybridized carbons (Fsp3) is 0.200. The quantitative estimate of drug-likeness (QED) is 0.827. The summed E-state index contributed by atoms with van der Waals surface area (Å²) in [6.45, 7) is 3.14. The molecule has 0 amide bonds. The van der Waals surface area contributed by atoms with E-state index in [1.54, 1.807) is 13.8 Å². The van der Waals surface area contributed by atoms with Gasteiger partial charge < -0.3 is 16.2 Å². The zero-order valence-electron chi connectivity index (χ0n) is 11.6. The van der Waals surface area contributed by atoms with Gasteiger partial charge in [-0.05, 0) is 43.2 Å². The van der Waals surface area contributed by atoms with Gasteiger partial charge in [-0.15, -0.1) is 0 Å². The smallest absolute Gasteiger partial charge is 0.174 e. The molecule has 0 aliphatic rings. The Bertz CT molecular complexity index is 684. The lowest BCUT2D eigenvalue weighted by atomic mass is 9.95. The molecule has 0 bridgehead atoms. The van der Waals surface area contributed by atoms with Crippen molar-refractivity contribution in [3.8, 4) is 16.9 Å². The third-order valence-electron chi connectivity index (χ3n) is 3.42. The largest absolute Gasteiger partial charge is 0.494 e. The van der Waals surface area contributed by atoms with E-state index in [0.717, 1.165) is 0 Å². The fourth-order valence-corrected chi connectivity index (χ4v) is 2.16. The number of anilines is 2. The molecule has 0 atom stereocenters. The Labute approximate surface area is 116 Å². The number of rotatable bonds is 2. The molecule has 106 valence electrons. The van der Waals surface area contributed by atoms with Gasteiger partial charge >= 0.3 is 0 Å². The first-order chi connectivity index (χ1) is 9.38. The summed E-state index contributed by atoms with van der Waals surface area (Å²) in [7, 11) is 1.36. The van der Waals surface area contributed by atoms with Gasteiger partial charge in [0.25, 0.3) is 0 Å². The van der Waals surface area contributed by atoms with Gasteiger partial charge in [0.05, 0.1) is 7.11 Å². The van der Waals surface area contributed by atoms with Crippen LogP contribution in [0, 0.1) is 25.5 Å². The lowest BCUT2D eigenvalue weighted by Gasteiger charge is -2.15. The fourth-order valence-electron chi connectivity index (χ4n) is 2.16. The van der Waals surface area contributed by atoms with Crippen molar-refractivity contribution in [3.63, 3.8) is 0 Å². The minimum atomic E-state index is -0.627. The summed E-state index contributed by atoms with van der Waals surface area (Å²) >= 11 is 0. The summed E-state index contributed by atoms with van der Waals surface area (Å²) in [5, 5.41) is 0. The minimum absolute atomic E-state index is 0.0492. The van der Waals surface area contributed by atoms with E-state index in [4.69, 9.17) is 16.2 Å². The second kappa shape index (κ2) is 5.00. The summed E-state index contributed by atoms with van der Waals surface area (Å²) < 4.78 is 33.4. The molecular formula is C15H16F2N2O. The van der Waals surface area contributed by atoms with Crippen molar-refractivity contribution >= 4 is 11.4 Å². The van der Waals surface area contributed by atoms with E-state index in [-0.39, 0.29) is 22.7 Å². The van der Waals surface area contributed by atoms with Crippen LogP contribution in [0.15, 0.2) is 18.2 Å². The zero-order chi connectivity index (χ0) is 15.0. The van der Waals surface area contributed by atoms with Crippen molar-refractivity contribution in [1.29, 1.82) is 0 Å². The number of nitrogens with two attached hydrogens (primary N) is 2. The zero-order valence-corrected chi connectivity index (χ0v) is 11.6. The Balaban J connectivity index is 2.82. The van der Waals surface area contributed by atoms with E-state index in [0.29, 0.717) is 16.7 Å². The van der Waals surface area contributed by atoms with Gasteiger partial charge in [0.15, 0.2) is 11.6 Å². The lowest BCUT2D eigenvalue weighted by Crippen LogP contribution is -2.03. The summed E-state index contributed by atoms with van der Waals surface area (Å²) in [5.41, 5.74) is 13.1. The van der Waals surface area contributed by atoms with Crippen molar-refractivity contribution < 1.29 is 13.5 Å². The van der Waals surface area contributed by atoms with Crippen LogP contribution in [0.2, 0.25) is 0 Å². The molecule has 0 fully saturated rings. The van der Waals surface area contributed by atoms with Crippen LogP contribution in [0.4, 0.5) is 20.2 Å². The van der Waals surface area contributed by atoms with E-state index < -0.39 is 11.6 Å². The van der Waals surface area contributed by atoms with Gasteiger partial charge in [-0.25, -0.2) is 8.78 Å². The summed E-state index contributed by atoms with van der Waals surface area (Å²) in [6.07, 6.45) is 0. The van der Waals surface area contributed by atoms with Crippen LogP contribution >= 0.6 is 0 Å². The highest BCUT2D eigenvalue weighted by Gasteiger charge is 2.19. The van der Waals surface area contributed by atoms with Crippen LogP contribution < -0.4 is 16.2 Å². The van der Waals surface area contributed by atoms with Crippen molar-refractivity contribution in [2.75, 3.05) is 18.6 Å². The highest BCUT2D eigenvalue weighted by atomic mass is 19.1. The number of methoxy groups -OCH3 is 1. The van der Waals surface area contributed by atoms with Crippen molar-refractivity contribution in [3.05, 3.63) is 41.0 Å². The molecule has 3 nitrogen and oxygen atoms in total. The molecule has 0 aliphatic heterocycles. The van der Waals surface area contributed by atoms with Crippen molar-refractivity contribution in [2.24, 2.45) is 0 Å². The van der Waals surface area contributed by atoms with Crippen molar-refractivity contribution in [1.82, 2.24) is 0 Å². The summed E-state index contributed by atoms with van der Waals surface area (Å²) in [4.78, 5) is 0. The number of benzene rings is 2. The number of ether oxygens (including phenoxy) is 1. The van der Waals surface area contributed by atoms with Crippen LogP contribution in [0.3, 0.4) is 0 Å². The Morgan fingerprint density at radius 2 is 1.60 bits per heavy atom. The minimum Gasteiger partial charge on any atom is -0.494 e. The summed E-state index contributed by atoms with van der Waals surface area (Å²) in [5.74, 6) is -1.03. The van der Waals surface area contributed by atoms with E-state index in [9.17, 15) is 8.78 Å². The topological polar surface area (TPSA) is 61.3 Å². The van der Waals surface area contributed by atoms with Crippen LogP contribution in [0.25, 0.3) is 11.1 Å². The first-order valence-corrected chi connectivity index (χ1v) is 6.06. The van der Waals surface area contributed by atoms with Gasteiger partial charge in [-0.3, -0.25) is 0 Å². The highest BCUT2D eigenvalue weighted by Crippen LogP contribution is 2.38. The van der Waals surface area contributed by atoms with Gasteiger partial charge in [-0.1, -0.05) is 0 Å². The molecule has 0 saturated carbocycles. The van der Waals surface area contributed by atoms with E-state index in [1.165, 1.54) is 25.3 Å². The SMILES string of the molecule is COc1ccc(N)c(-c2cc(N)c(C)c(F)c2C)c1F. The number of hydrogen-bond acceptors (Lipinski definition) is 3. The van der Waals surface area contributed by atoms with Crippen molar-refractivity contribution in [2.45, 2.75) is 13.8 Å². The molecule has 0 spiro atoms. The van der Waals surface area contributed by atoms with Gasteiger partial charge in [0.1, 0.15) is 5.82 Å². The van der Waals surface area contributed by atoms with Gasteiger partial charge in [-0.2, -0.15) is 0 Å². The average Bonchev–Trinajstić information content (AvgIpc) is 2.42. The standard InChI is InChI=1S/C15H16F2N2O/c1-7-9(6-11(19)8(2)14(7)16)13-10(18)4-5-12(20-3)15(13)17/h4-6H,18-19H2,1-3H3. The first kappa shape index (κ1) is 14.1. The predicted molar refractivity (Wildman–Crippen MR) is 76.6 cm³/mol. The van der Waals surface area contributed by atoms with E-state index in [2.05, 4.69) is 0 Å². The van der Waals surface area contributed by atoms with Crippen LogP contribution in [0.5, 0.6) is 5.75 Å². The number of halogens is 2. The summed E-state index contributed by atoms with van der Waals surface area (Å²) in [6, 6.07) is 4.48. The molecule has 2 aromatic carbocycles. The highest BCUT2D eigenvalue weighted by molar-refractivity contribution is 5.82. The van der Waals surface area contributed by atoms with Crippen LogP contribution in [0.1, 0.15) is 11.1 Å². The lowest BCUT2D eigenvalue weighted by molar-refractivity contribution is 0.387. The van der Waals surface area contributed by atoms with Crippen LogP contribution in [-0.2, 0) is 0 Å². The molecule has 2 aromatic rings. The molecule has 4 N–H and O–H groups in total. The maximum Gasteiger partial charge on any atom is 0.174 e. The molecule has 2 rings (SSSR count). The number of nitrogen functional groups attached to an aromatic ring is 2. The number of hydrogen-bond donors (Lipinski definition) is 2. The molecule has 0 heterocycles. The normalized spacial score (nSPS) is 10.7. The van der Waals surface area contributed by atoms with Crippen LogP contribution in [-0.4, -0.2) is 7.11 Å². The Morgan fingerprint density at radius 1 is 0.950 bits per heavy atom. The Morgan fingerprint density at radius 3 is 2.20 bits per heavy atom. The third kappa shape index (κ3) is 2.05. The first-order valence-electron chi connectivity index (χ1n) is 6.06. The maximum absolute atomic E-state index is 14.4. The molecule has 0 aliphatic carbocycles. The third-order valence-corrected chi connectivity index (χ3v) is 3.42. The second-order valence-electron chi connectivity index (χ2n) is 4.62. The second-order valence-corrected chi connectivity index (χ2v) is 4.62. The average molecular weight is 278 g/mol. The monoisotopic (exact) mass is 278 g/mol. The molecule has 0 aromatic heterocycles. The maximum atomic E-state index is 14.4. The molecule has 0 saturated heterocycles. The van der Waals surface area contributed by atoms with E-state index in [1.807, 2.05) is 0 Å². The Hall–Kier alpha value is -2.30. The van der Waals surface area contributed by atoms with Gasteiger partial charge in [0, 0.05) is 22.5 Å². The molecule has 0 unspecified atom stereocenters. The molecular weight excluding hydrogens is 262 g/mol.